The van der Waals surface area contributed by atoms with Gasteiger partial charge in [-0.05, 0) is 49.1 Å². The number of anilines is 2. The molecule has 1 aliphatic rings. The van der Waals surface area contributed by atoms with Crippen molar-refractivity contribution < 1.29 is 9.59 Å². The third-order valence-corrected chi connectivity index (χ3v) is 5.32. The third kappa shape index (κ3) is 4.13. The second-order valence-corrected chi connectivity index (χ2v) is 6.96. The topological polar surface area (TPSA) is 52.7 Å². The van der Waals surface area contributed by atoms with Crippen molar-refractivity contribution in [1.29, 1.82) is 0 Å². The fourth-order valence-corrected chi connectivity index (χ4v) is 3.50. The van der Waals surface area contributed by atoms with Crippen LogP contribution in [0.5, 0.6) is 0 Å². The number of carbonyl (C=O) groups is 2. The van der Waals surface area contributed by atoms with Crippen LogP contribution in [0.1, 0.15) is 23.6 Å². The van der Waals surface area contributed by atoms with Crippen LogP contribution in [-0.2, 0) is 16.0 Å². The van der Waals surface area contributed by atoms with Gasteiger partial charge < -0.3 is 15.1 Å². The quantitative estimate of drug-likeness (QED) is 0.850. The molecule has 2 aromatic carbocycles. The number of hydrogen-bond donors (Lipinski definition) is 1. The van der Waals surface area contributed by atoms with E-state index in [4.69, 9.17) is 0 Å². The molecule has 0 saturated carbocycles. The van der Waals surface area contributed by atoms with Gasteiger partial charge in [-0.15, -0.1) is 0 Å². The van der Waals surface area contributed by atoms with Crippen LogP contribution >= 0.6 is 0 Å². The lowest BCUT2D eigenvalue weighted by Crippen LogP contribution is -2.51. The standard InChI is InChI=1S/C22H27N3O2/c1-4-18-9-5-6-10-19(18)23-21(26)22(27)25-14-12-24(13-15-25)20-11-7-8-16(2)17(20)3/h5-11H,4,12-15H2,1-3H3,(H,23,26). The zero-order chi connectivity index (χ0) is 19.4. The molecule has 3 rings (SSSR count). The summed E-state index contributed by atoms with van der Waals surface area (Å²) in [4.78, 5) is 28.9. The monoisotopic (exact) mass is 365 g/mol. The van der Waals surface area contributed by atoms with Crippen LogP contribution in [0, 0.1) is 13.8 Å². The van der Waals surface area contributed by atoms with Gasteiger partial charge >= 0.3 is 11.8 Å². The van der Waals surface area contributed by atoms with Gasteiger partial charge in [0.15, 0.2) is 0 Å². The Hall–Kier alpha value is -2.82. The maximum atomic E-state index is 12.6. The minimum absolute atomic E-state index is 0.457. The molecule has 0 bridgehead atoms. The first-order valence-electron chi connectivity index (χ1n) is 9.50. The van der Waals surface area contributed by atoms with Crippen molar-refractivity contribution in [3.8, 4) is 0 Å². The number of para-hydroxylation sites is 1. The Labute approximate surface area is 161 Å². The number of carbonyl (C=O) groups excluding carboxylic acids is 2. The SMILES string of the molecule is CCc1ccccc1NC(=O)C(=O)N1CCN(c2cccc(C)c2C)CC1. The van der Waals surface area contributed by atoms with Gasteiger partial charge in [0.25, 0.3) is 0 Å². The molecule has 1 saturated heterocycles. The summed E-state index contributed by atoms with van der Waals surface area (Å²) in [5.41, 5.74) is 5.49. The zero-order valence-electron chi connectivity index (χ0n) is 16.3. The van der Waals surface area contributed by atoms with Crippen molar-refractivity contribution in [3.05, 3.63) is 59.2 Å². The van der Waals surface area contributed by atoms with Crippen molar-refractivity contribution in [2.75, 3.05) is 36.4 Å². The molecule has 0 unspecified atom stereocenters. The van der Waals surface area contributed by atoms with E-state index in [0.717, 1.165) is 25.1 Å². The molecule has 5 nitrogen and oxygen atoms in total. The number of hydrogen-bond acceptors (Lipinski definition) is 3. The first-order valence-corrected chi connectivity index (χ1v) is 9.50. The predicted octanol–water partition coefficient (Wildman–Crippen LogP) is 3.15. The molecule has 1 heterocycles. The molecule has 0 atom stereocenters. The molecular weight excluding hydrogens is 338 g/mol. The summed E-state index contributed by atoms with van der Waals surface area (Å²) in [7, 11) is 0. The highest BCUT2D eigenvalue weighted by Crippen LogP contribution is 2.24. The minimum Gasteiger partial charge on any atom is -0.368 e. The normalized spacial score (nSPS) is 14.2. The van der Waals surface area contributed by atoms with Gasteiger partial charge in [-0.3, -0.25) is 9.59 Å². The fourth-order valence-electron chi connectivity index (χ4n) is 3.50. The number of nitrogens with one attached hydrogen (secondary N) is 1. The fraction of sp³-hybridized carbons (Fsp3) is 0.364. The van der Waals surface area contributed by atoms with Gasteiger partial charge in [-0.2, -0.15) is 0 Å². The van der Waals surface area contributed by atoms with Gasteiger partial charge in [-0.25, -0.2) is 0 Å². The summed E-state index contributed by atoms with van der Waals surface area (Å²) in [6.45, 7) is 8.82. The highest BCUT2D eigenvalue weighted by Gasteiger charge is 2.27. The van der Waals surface area contributed by atoms with Crippen LogP contribution in [0.4, 0.5) is 11.4 Å². The largest absolute Gasteiger partial charge is 0.368 e. The smallest absolute Gasteiger partial charge is 0.313 e. The predicted molar refractivity (Wildman–Crippen MR) is 109 cm³/mol. The summed E-state index contributed by atoms with van der Waals surface area (Å²) in [5.74, 6) is -1.02. The molecule has 142 valence electrons. The zero-order valence-corrected chi connectivity index (χ0v) is 16.3. The number of rotatable bonds is 3. The Balaban J connectivity index is 1.61. The van der Waals surface area contributed by atoms with Crippen molar-refractivity contribution in [2.24, 2.45) is 0 Å². The van der Waals surface area contributed by atoms with E-state index in [9.17, 15) is 9.59 Å². The van der Waals surface area contributed by atoms with Gasteiger partial charge in [0.1, 0.15) is 0 Å². The van der Waals surface area contributed by atoms with Crippen molar-refractivity contribution >= 4 is 23.2 Å². The highest BCUT2D eigenvalue weighted by molar-refractivity contribution is 6.39. The molecular formula is C22H27N3O2. The van der Waals surface area contributed by atoms with Gasteiger partial charge in [0, 0.05) is 37.6 Å². The van der Waals surface area contributed by atoms with Crippen LogP contribution in [-0.4, -0.2) is 42.9 Å². The van der Waals surface area contributed by atoms with E-state index in [1.54, 1.807) is 4.90 Å². The Bertz CT molecular complexity index is 839. The van der Waals surface area contributed by atoms with Crippen LogP contribution < -0.4 is 10.2 Å². The van der Waals surface area contributed by atoms with Crippen molar-refractivity contribution in [2.45, 2.75) is 27.2 Å². The van der Waals surface area contributed by atoms with Gasteiger partial charge in [-0.1, -0.05) is 37.3 Å². The first-order chi connectivity index (χ1) is 13.0. The van der Waals surface area contributed by atoms with E-state index in [1.807, 2.05) is 31.2 Å². The molecule has 1 aliphatic heterocycles. The molecule has 1 fully saturated rings. The Morgan fingerprint density at radius 3 is 2.37 bits per heavy atom. The number of amides is 2. The summed E-state index contributed by atoms with van der Waals surface area (Å²) in [5, 5.41) is 2.77. The second-order valence-electron chi connectivity index (χ2n) is 6.96. The average Bonchev–Trinajstić information content (AvgIpc) is 2.70. The van der Waals surface area contributed by atoms with Crippen LogP contribution in [0.25, 0.3) is 0 Å². The maximum absolute atomic E-state index is 12.6. The third-order valence-electron chi connectivity index (χ3n) is 5.32. The molecule has 0 spiro atoms. The van der Waals surface area contributed by atoms with E-state index < -0.39 is 11.8 Å². The van der Waals surface area contributed by atoms with Crippen molar-refractivity contribution in [3.63, 3.8) is 0 Å². The van der Waals surface area contributed by atoms with Gasteiger partial charge in [0.05, 0.1) is 0 Å². The van der Waals surface area contributed by atoms with E-state index in [0.29, 0.717) is 18.8 Å². The Kier molecular flexibility index (Phi) is 5.79. The number of piperazine rings is 1. The summed E-state index contributed by atoms with van der Waals surface area (Å²) in [6, 6.07) is 13.9. The minimum atomic E-state index is -0.559. The molecule has 1 N–H and O–H groups in total. The van der Waals surface area contributed by atoms with E-state index in [2.05, 4.69) is 42.3 Å². The average molecular weight is 365 g/mol. The second kappa shape index (κ2) is 8.25. The first kappa shape index (κ1) is 19.0. The van der Waals surface area contributed by atoms with Crippen LogP contribution in [0.15, 0.2) is 42.5 Å². The molecule has 5 heteroatoms. The number of nitrogens with zero attached hydrogens (tertiary/aromatic N) is 2. The number of aryl methyl sites for hydroxylation is 2. The van der Waals surface area contributed by atoms with Gasteiger partial charge in [0.2, 0.25) is 0 Å². The molecule has 0 aromatic heterocycles. The lowest BCUT2D eigenvalue weighted by molar-refractivity contribution is -0.143. The van der Waals surface area contributed by atoms with Crippen molar-refractivity contribution in [1.82, 2.24) is 4.90 Å². The Morgan fingerprint density at radius 1 is 0.963 bits per heavy atom. The number of benzene rings is 2. The summed E-state index contributed by atoms with van der Waals surface area (Å²) < 4.78 is 0. The van der Waals surface area contributed by atoms with Crippen LogP contribution in [0.3, 0.4) is 0 Å². The summed E-state index contributed by atoms with van der Waals surface area (Å²) in [6.07, 6.45) is 0.805. The maximum Gasteiger partial charge on any atom is 0.313 e. The van der Waals surface area contributed by atoms with E-state index in [-0.39, 0.29) is 0 Å². The molecule has 0 radical (unpaired) electrons. The Morgan fingerprint density at radius 2 is 1.67 bits per heavy atom. The van der Waals surface area contributed by atoms with E-state index in [1.165, 1.54) is 16.8 Å². The molecule has 2 aromatic rings. The molecule has 2 amide bonds. The molecule has 27 heavy (non-hydrogen) atoms. The summed E-state index contributed by atoms with van der Waals surface area (Å²) >= 11 is 0. The van der Waals surface area contributed by atoms with Crippen LogP contribution in [0.2, 0.25) is 0 Å². The van der Waals surface area contributed by atoms with E-state index >= 15 is 0 Å². The lowest BCUT2D eigenvalue weighted by Gasteiger charge is -2.36. The highest BCUT2D eigenvalue weighted by atomic mass is 16.2. The molecule has 0 aliphatic carbocycles. The lowest BCUT2D eigenvalue weighted by atomic mass is 10.1.